The first-order chi connectivity index (χ1) is 8.33. The van der Waals surface area contributed by atoms with Crippen molar-refractivity contribution in [3.63, 3.8) is 0 Å². The van der Waals surface area contributed by atoms with Gasteiger partial charge in [0.1, 0.15) is 5.75 Å². The van der Waals surface area contributed by atoms with Crippen LogP contribution in [0.1, 0.15) is 28.5 Å². The number of aromatic hydroxyl groups is 1. The van der Waals surface area contributed by atoms with Crippen LogP contribution in [0.5, 0.6) is 5.75 Å². The van der Waals surface area contributed by atoms with Gasteiger partial charge in [-0.3, -0.25) is 4.98 Å². The number of fused-ring (bicyclic) bond motifs is 1. The minimum Gasteiger partial charge on any atom is -0.508 e. The van der Waals surface area contributed by atoms with Crippen LogP contribution in [0.4, 0.5) is 0 Å². The van der Waals surface area contributed by atoms with Crippen molar-refractivity contribution in [1.82, 2.24) is 10.3 Å². The van der Waals surface area contributed by atoms with E-state index in [1.807, 2.05) is 23.8 Å². The first-order valence-corrected chi connectivity index (χ1v) is 6.63. The molecule has 88 valence electrons. The van der Waals surface area contributed by atoms with Gasteiger partial charge >= 0.3 is 0 Å². The summed E-state index contributed by atoms with van der Waals surface area (Å²) in [6, 6.07) is 6.09. The van der Waals surface area contributed by atoms with E-state index in [2.05, 4.69) is 10.3 Å². The molecule has 0 saturated carbocycles. The van der Waals surface area contributed by atoms with Crippen LogP contribution in [-0.4, -0.2) is 10.1 Å². The van der Waals surface area contributed by atoms with Crippen LogP contribution < -0.4 is 5.32 Å². The molecule has 0 bridgehead atoms. The number of phenols is 1. The van der Waals surface area contributed by atoms with E-state index >= 15 is 0 Å². The number of hydrogen-bond acceptors (Lipinski definition) is 4. The van der Waals surface area contributed by atoms with Crippen molar-refractivity contribution in [1.29, 1.82) is 0 Å². The third-order valence-electron chi connectivity index (χ3n) is 3.21. The zero-order chi connectivity index (χ0) is 11.7. The van der Waals surface area contributed by atoms with Gasteiger partial charge in [0.25, 0.3) is 0 Å². The molecule has 0 saturated heterocycles. The van der Waals surface area contributed by atoms with Gasteiger partial charge in [-0.25, -0.2) is 0 Å². The molecule has 3 rings (SSSR count). The Kier molecular flexibility index (Phi) is 2.82. The van der Waals surface area contributed by atoms with Gasteiger partial charge in [-0.1, -0.05) is 6.07 Å². The monoisotopic (exact) mass is 246 g/mol. The summed E-state index contributed by atoms with van der Waals surface area (Å²) in [7, 11) is 0. The van der Waals surface area contributed by atoms with E-state index in [0.717, 1.165) is 19.4 Å². The molecule has 17 heavy (non-hydrogen) atoms. The van der Waals surface area contributed by atoms with Gasteiger partial charge in [0.15, 0.2) is 0 Å². The topological polar surface area (TPSA) is 45.1 Å². The summed E-state index contributed by atoms with van der Waals surface area (Å²) in [4.78, 5) is 5.33. The predicted octanol–water partition coefficient (Wildman–Crippen LogP) is 2.63. The quantitative estimate of drug-likeness (QED) is 0.875. The minimum atomic E-state index is 0.367. The molecule has 0 aliphatic heterocycles. The Morgan fingerprint density at radius 2 is 2.41 bits per heavy atom. The number of benzene rings is 1. The molecule has 0 radical (unpaired) electrons. The summed E-state index contributed by atoms with van der Waals surface area (Å²) >= 11 is 1.68. The molecule has 1 unspecified atom stereocenters. The van der Waals surface area contributed by atoms with Gasteiger partial charge in [-0.15, -0.1) is 11.3 Å². The van der Waals surface area contributed by atoms with E-state index in [4.69, 9.17) is 0 Å². The zero-order valence-electron chi connectivity index (χ0n) is 9.39. The molecule has 1 heterocycles. The summed E-state index contributed by atoms with van der Waals surface area (Å²) in [5, 5.41) is 13.0. The number of aromatic nitrogens is 1. The van der Waals surface area contributed by atoms with Crippen molar-refractivity contribution in [3.8, 4) is 5.75 Å². The second-order valence-electron chi connectivity index (χ2n) is 4.32. The van der Waals surface area contributed by atoms with Crippen molar-refractivity contribution < 1.29 is 5.11 Å². The molecule has 0 spiro atoms. The molecule has 3 nitrogen and oxygen atoms in total. The number of hydrogen-bond donors (Lipinski definition) is 2. The molecule has 2 aromatic rings. The highest BCUT2D eigenvalue weighted by Gasteiger charge is 2.22. The maximum Gasteiger partial charge on any atom is 0.115 e. The summed E-state index contributed by atoms with van der Waals surface area (Å²) < 4.78 is 0. The van der Waals surface area contributed by atoms with Crippen LogP contribution in [0, 0.1) is 0 Å². The molecular weight excluding hydrogens is 232 g/mol. The van der Waals surface area contributed by atoms with E-state index in [1.165, 1.54) is 16.0 Å². The largest absolute Gasteiger partial charge is 0.508 e. The standard InChI is InChI=1S/C13H14N2OS/c16-10-2-3-12-9(5-10)1-4-13(12)15-7-11-6-14-8-17-11/h2-3,5-6,8,13,15-16H,1,4,7H2. The molecule has 1 aromatic carbocycles. The SMILES string of the molecule is Oc1ccc2c(c1)CCC2NCc1cncs1. The maximum atomic E-state index is 9.44. The van der Waals surface area contributed by atoms with Crippen LogP contribution in [0.25, 0.3) is 0 Å². The number of nitrogens with zero attached hydrogens (tertiary/aromatic N) is 1. The highest BCUT2D eigenvalue weighted by atomic mass is 32.1. The first-order valence-electron chi connectivity index (χ1n) is 5.75. The fraction of sp³-hybridized carbons (Fsp3) is 0.308. The smallest absolute Gasteiger partial charge is 0.115 e. The summed E-state index contributed by atoms with van der Waals surface area (Å²) in [6.45, 7) is 0.871. The Hall–Kier alpha value is -1.39. The third kappa shape index (κ3) is 2.18. The van der Waals surface area contributed by atoms with Crippen LogP contribution in [-0.2, 0) is 13.0 Å². The van der Waals surface area contributed by atoms with Crippen molar-refractivity contribution >= 4 is 11.3 Å². The molecular formula is C13H14N2OS. The summed E-state index contributed by atoms with van der Waals surface area (Å²) in [6.07, 6.45) is 4.06. The molecule has 0 fully saturated rings. The Morgan fingerprint density at radius 3 is 3.24 bits per heavy atom. The number of thiazole rings is 1. The lowest BCUT2D eigenvalue weighted by molar-refractivity contribution is 0.474. The normalized spacial score (nSPS) is 18.2. The lowest BCUT2D eigenvalue weighted by Crippen LogP contribution is -2.17. The Balaban J connectivity index is 1.71. The number of phenolic OH excluding ortho intramolecular Hbond substituents is 1. The lowest BCUT2D eigenvalue weighted by atomic mass is 10.1. The Labute approximate surface area is 104 Å². The first kappa shape index (κ1) is 10.7. The highest BCUT2D eigenvalue weighted by molar-refractivity contribution is 7.09. The molecule has 4 heteroatoms. The Bertz CT molecular complexity index is 510. The van der Waals surface area contributed by atoms with Gasteiger partial charge < -0.3 is 10.4 Å². The summed E-state index contributed by atoms with van der Waals surface area (Å²) in [5.41, 5.74) is 4.46. The molecule has 2 N–H and O–H groups in total. The van der Waals surface area contributed by atoms with Crippen LogP contribution in [0.2, 0.25) is 0 Å². The van der Waals surface area contributed by atoms with Crippen molar-refractivity contribution in [2.45, 2.75) is 25.4 Å². The number of aryl methyl sites for hydroxylation is 1. The van der Waals surface area contributed by atoms with Gasteiger partial charge in [-0.2, -0.15) is 0 Å². The third-order valence-corrected chi connectivity index (χ3v) is 3.99. The van der Waals surface area contributed by atoms with Crippen molar-refractivity contribution in [2.24, 2.45) is 0 Å². The second kappa shape index (κ2) is 4.47. The molecule has 1 aromatic heterocycles. The van der Waals surface area contributed by atoms with E-state index in [9.17, 15) is 5.11 Å². The Morgan fingerprint density at radius 1 is 1.47 bits per heavy atom. The van der Waals surface area contributed by atoms with Crippen LogP contribution in [0.15, 0.2) is 29.9 Å². The van der Waals surface area contributed by atoms with Gasteiger partial charge in [0, 0.05) is 23.7 Å². The maximum absolute atomic E-state index is 9.44. The van der Waals surface area contributed by atoms with E-state index in [1.54, 1.807) is 17.4 Å². The van der Waals surface area contributed by atoms with Crippen molar-refractivity contribution in [2.75, 3.05) is 0 Å². The van der Waals surface area contributed by atoms with Crippen molar-refractivity contribution in [3.05, 3.63) is 45.9 Å². The van der Waals surface area contributed by atoms with E-state index in [-0.39, 0.29) is 0 Å². The molecule has 1 atom stereocenters. The average Bonchev–Trinajstić information content (AvgIpc) is 2.94. The van der Waals surface area contributed by atoms with Gasteiger partial charge in [0.05, 0.1) is 5.51 Å². The van der Waals surface area contributed by atoms with Gasteiger partial charge in [0.2, 0.25) is 0 Å². The molecule has 1 aliphatic rings. The van der Waals surface area contributed by atoms with E-state index in [0.29, 0.717) is 11.8 Å². The van der Waals surface area contributed by atoms with E-state index < -0.39 is 0 Å². The lowest BCUT2D eigenvalue weighted by Gasteiger charge is -2.13. The predicted molar refractivity (Wildman–Crippen MR) is 68.1 cm³/mol. The van der Waals surface area contributed by atoms with Gasteiger partial charge in [-0.05, 0) is 36.1 Å². The average molecular weight is 246 g/mol. The van der Waals surface area contributed by atoms with Crippen LogP contribution in [0.3, 0.4) is 0 Å². The number of rotatable bonds is 3. The molecule has 0 amide bonds. The zero-order valence-corrected chi connectivity index (χ0v) is 10.2. The highest BCUT2D eigenvalue weighted by Crippen LogP contribution is 2.33. The second-order valence-corrected chi connectivity index (χ2v) is 5.29. The fourth-order valence-electron chi connectivity index (χ4n) is 2.37. The molecule has 1 aliphatic carbocycles. The fourth-order valence-corrected chi connectivity index (χ4v) is 2.91. The van der Waals surface area contributed by atoms with Crippen LogP contribution >= 0.6 is 11.3 Å². The number of nitrogens with one attached hydrogen (secondary N) is 1. The summed E-state index contributed by atoms with van der Waals surface area (Å²) in [5.74, 6) is 0.367. The minimum absolute atomic E-state index is 0.367.